The molecule has 0 amide bonds. The first-order valence-electron chi connectivity index (χ1n) is 9.37. The molecule has 3 heterocycles. The van der Waals surface area contributed by atoms with Crippen molar-refractivity contribution in [3.8, 4) is 17.0 Å². The largest absolute Gasteiger partial charge is 0.497 e. The second-order valence-corrected chi connectivity index (χ2v) is 7.57. The van der Waals surface area contributed by atoms with E-state index in [0.29, 0.717) is 0 Å². The number of thiazole rings is 1. The predicted octanol–water partition coefficient (Wildman–Crippen LogP) is 6.35. The number of furan rings is 1. The van der Waals surface area contributed by atoms with Crippen molar-refractivity contribution in [2.24, 2.45) is 5.10 Å². The molecule has 0 aliphatic carbocycles. The molecule has 0 saturated heterocycles. The van der Waals surface area contributed by atoms with Crippen molar-refractivity contribution in [2.75, 3.05) is 12.1 Å². The molecule has 0 spiro atoms. The zero-order valence-corrected chi connectivity index (χ0v) is 18.8. The van der Waals surface area contributed by atoms with E-state index in [-0.39, 0.29) is 23.0 Å². The number of hydrogen-bond acceptors (Lipinski definition) is 6. The zero-order chi connectivity index (χ0) is 19.6. The maximum absolute atomic E-state index is 5.72. The highest BCUT2D eigenvalue weighted by Gasteiger charge is 2.33. The standard InChI is InChI=1S/C23H19N3O2S.BrH/c1-27-18-11-9-17(10-12-18)19-14-21(22-8-5-13-28-22)26(25-19)23-24-20(15-29-23)16-6-3-2-4-7-16;/h2-13,15,21H,14H2,1H3;1H. The van der Waals surface area contributed by atoms with Gasteiger partial charge in [0, 0.05) is 17.4 Å². The fraction of sp³-hybridized carbons (Fsp3) is 0.130. The molecule has 152 valence electrons. The summed E-state index contributed by atoms with van der Waals surface area (Å²) >= 11 is 1.59. The van der Waals surface area contributed by atoms with Crippen LogP contribution in [0.1, 0.15) is 23.8 Å². The lowest BCUT2D eigenvalue weighted by atomic mass is 10.0. The smallest absolute Gasteiger partial charge is 0.207 e. The van der Waals surface area contributed by atoms with Gasteiger partial charge in [-0.2, -0.15) is 5.10 Å². The van der Waals surface area contributed by atoms with Gasteiger partial charge in [0.2, 0.25) is 5.13 Å². The molecule has 2 aromatic carbocycles. The van der Waals surface area contributed by atoms with Gasteiger partial charge in [-0.25, -0.2) is 9.99 Å². The number of ether oxygens (including phenoxy) is 1. The zero-order valence-electron chi connectivity index (χ0n) is 16.3. The van der Waals surface area contributed by atoms with Gasteiger partial charge in [0.05, 0.1) is 24.8 Å². The van der Waals surface area contributed by atoms with E-state index in [1.807, 2.05) is 59.6 Å². The van der Waals surface area contributed by atoms with Gasteiger partial charge in [-0.1, -0.05) is 30.3 Å². The van der Waals surface area contributed by atoms with Crippen LogP contribution >= 0.6 is 28.3 Å². The van der Waals surface area contributed by atoms with E-state index in [0.717, 1.165) is 45.6 Å². The molecule has 2 aromatic heterocycles. The average molecular weight is 482 g/mol. The van der Waals surface area contributed by atoms with E-state index in [1.54, 1.807) is 24.7 Å². The summed E-state index contributed by atoms with van der Waals surface area (Å²) in [5.74, 6) is 1.72. The highest BCUT2D eigenvalue weighted by Crippen LogP contribution is 2.39. The maximum Gasteiger partial charge on any atom is 0.207 e. The van der Waals surface area contributed by atoms with Crippen molar-refractivity contribution < 1.29 is 9.15 Å². The van der Waals surface area contributed by atoms with Crippen LogP contribution in [0.4, 0.5) is 5.13 Å². The summed E-state index contributed by atoms with van der Waals surface area (Å²) in [6, 6.07) is 22.1. The molecule has 5 rings (SSSR count). The van der Waals surface area contributed by atoms with Crippen molar-refractivity contribution in [2.45, 2.75) is 12.5 Å². The second kappa shape index (κ2) is 8.85. The molecule has 0 fully saturated rings. The molecule has 5 nitrogen and oxygen atoms in total. The van der Waals surface area contributed by atoms with Crippen LogP contribution in [0.2, 0.25) is 0 Å². The Morgan fingerprint density at radius 1 is 1.00 bits per heavy atom. The maximum atomic E-state index is 5.72. The molecular formula is C23H20BrN3O2S. The molecule has 4 aromatic rings. The van der Waals surface area contributed by atoms with Gasteiger partial charge in [-0.15, -0.1) is 28.3 Å². The van der Waals surface area contributed by atoms with Crippen molar-refractivity contribution >= 4 is 39.2 Å². The molecule has 7 heteroatoms. The Hall–Kier alpha value is -2.90. The Balaban J connectivity index is 0.00000218. The van der Waals surface area contributed by atoms with Crippen molar-refractivity contribution in [3.05, 3.63) is 89.7 Å². The Morgan fingerprint density at radius 2 is 1.80 bits per heavy atom. The number of hydrazone groups is 1. The fourth-order valence-electron chi connectivity index (χ4n) is 3.46. The lowest BCUT2D eigenvalue weighted by Gasteiger charge is -2.18. The minimum atomic E-state index is -0.0168. The first-order valence-corrected chi connectivity index (χ1v) is 10.3. The summed E-state index contributed by atoms with van der Waals surface area (Å²) in [5, 5.41) is 9.84. The van der Waals surface area contributed by atoms with Crippen LogP contribution in [0.15, 0.2) is 87.9 Å². The van der Waals surface area contributed by atoms with Gasteiger partial charge < -0.3 is 9.15 Å². The summed E-state index contributed by atoms with van der Waals surface area (Å²) in [5.41, 5.74) is 4.13. The fourth-order valence-corrected chi connectivity index (χ4v) is 4.29. The van der Waals surface area contributed by atoms with Crippen molar-refractivity contribution in [3.63, 3.8) is 0 Å². The number of aromatic nitrogens is 1. The Bertz CT molecular complexity index is 1120. The number of rotatable bonds is 5. The number of methoxy groups -OCH3 is 1. The summed E-state index contributed by atoms with van der Waals surface area (Å²) < 4.78 is 11.0. The van der Waals surface area contributed by atoms with E-state index in [9.17, 15) is 0 Å². The first-order chi connectivity index (χ1) is 14.3. The normalized spacial score (nSPS) is 15.6. The highest BCUT2D eigenvalue weighted by molar-refractivity contribution is 8.93. The van der Waals surface area contributed by atoms with Crippen LogP contribution in [-0.2, 0) is 0 Å². The number of anilines is 1. The molecule has 1 aliphatic heterocycles. The molecule has 1 unspecified atom stereocenters. The third-order valence-corrected chi connectivity index (χ3v) is 5.79. The number of benzene rings is 2. The van der Waals surface area contributed by atoms with E-state index in [2.05, 4.69) is 17.5 Å². The van der Waals surface area contributed by atoms with Crippen LogP contribution in [-0.4, -0.2) is 17.8 Å². The monoisotopic (exact) mass is 481 g/mol. The van der Waals surface area contributed by atoms with Crippen LogP contribution in [0.3, 0.4) is 0 Å². The summed E-state index contributed by atoms with van der Waals surface area (Å²) in [6.45, 7) is 0. The topological polar surface area (TPSA) is 50.9 Å². The van der Waals surface area contributed by atoms with E-state index in [1.165, 1.54) is 0 Å². The molecular weight excluding hydrogens is 462 g/mol. The van der Waals surface area contributed by atoms with Crippen LogP contribution < -0.4 is 9.75 Å². The van der Waals surface area contributed by atoms with Crippen LogP contribution in [0, 0.1) is 0 Å². The second-order valence-electron chi connectivity index (χ2n) is 6.74. The average Bonchev–Trinajstić information content (AvgIpc) is 3.54. The van der Waals surface area contributed by atoms with Crippen LogP contribution in [0.5, 0.6) is 5.75 Å². The van der Waals surface area contributed by atoms with Gasteiger partial charge >= 0.3 is 0 Å². The van der Waals surface area contributed by atoms with E-state index >= 15 is 0 Å². The minimum absolute atomic E-state index is 0. The van der Waals surface area contributed by atoms with Crippen molar-refractivity contribution in [1.82, 2.24) is 4.98 Å². The number of halogens is 1. The third-order valence-electron chi connectivity index (χ3n) is 4.96. The minimum Gasteiger partial charge on any atom is -0.497 e. The highest BCUT2D eigenvalue weighted by atomic mass is 79.9. The molecule has 1 atom stereocenters. The Morgan fingerprint density at radius 3 is 2.50 bits per heavy atom. The molecule has 30 heavy (non-hydrogen) atoms. The molecule has 0 N–H and O–H groups in total. The van der Waals surface area contributed by atoms with E-state index < -0.39 is 0 Å². The van der Waals surface area contributed by atoms with E-state index in [4.69, 9.17) is 19.2 Å². The predicted molar refractivity (Wildman–Crippen MR) is 126 cm³/mol. The van der Waals surface area contributed by atoms with Crippen molar-refractivity contribution in [1.29, 1.82) is 0 Å². The molecule has 0 saturated carbocycles. The number of nitrogens with zero attached hydrogens (tertiary/aromatic N) is 3. The lowest BCUT2D eigenvalue weighted by Crippen LogP contribution is -2.17. The number of hydrogen-bond donors (Lipinski definition) is 0. The molecule has 1 aliphatic rings. The first kappa shape index (κ1) is 20.4. The summed E-state index contributed by atoms with van der Waals surface area (Å²) in [4.78, 5) is 4.85. The molecule has 0 bridgehead atoms. The molecule has 0 radical (unpaired) electrons. The Labute approximate surface area is 189 Å². The van der Waals surface area contributed by atoms with Gasteiger partial charge in [0.15, 0.2) is 0 Å². The van der Waals surface area contributed by atoms with Gasteiger partial charge in [0.1, 0.15) is 17.6 Å². The third kappa shape index (κ3) is 3.91. The Kier molecular flexibility index (Phi) is 6.01. The van der Waals surface area contributed by atoms with Gasteiger partial charge in [-0.05, 0) is 42.0 Å². The SMILES string of the molecule is Br.COc1ccc(C2=NN(c3nc(-c4ccccc4)cs3)C(c3ccco3)C2)cc1. The summed E-state index contributed by atoms with van der Waals surface area (Å²) in [6.07, 6.45) is 2.45. The lowest BCUT2D eigenvalue weighted by molar-refractivity contribution is 0.415. The quantitative estimate of drug-likeness (QED) is 0.333. The van der Waals surface area contributed by atoms with Crippen LogP contribution in [0.25, 0.3) is 11.3 Å². The summed E-state index contributed by atoms with van der Waals surface area (Å²) in [7, 11) is 1.67. The van der Waals surface area contributed by atoms with Gasteiger partial charge in [-0.3, -0.25) is 0 Å². The van der Waals surface area contributed by atoms with Gasteiger partial charge in [0.25, 0.3) is 0 Å².